The molecule has 0 spiro atoms. The number of para-hydroxylation sites is 1. The van der Waals surface area contributed by atoms with E-state index in [1.807, 2.05) is 18.5 Å². The number of fused-ring (bicyclic) bond motifs is 6. The van der Waals surface area contributed by atoms with Crippen LogP contribution in [0.5, 0.6) is 0 Å². The summed E-state index contributed by atoms with van der Waals surface area (Å²) in [6, 6.07) is 64.5. The SMILES string of the molecule is c1ccc(-c2cncc(-c3cccc4oc5cc(-c6ccc(N(c7ccccc7)c7cccc8ccccc78)cc6)c6ccccc6c5c34)c2)cc1. The van der Waals surface area contributed by atoms with E-state index < -0.39 is 0 Å². The van der Waals surface area contributed by atoms with Crippen molar-refractivity contribution in [1.29, 1.82) is 0 Å². The minimum absolute atomic E-state index is 0.865. The van der Waals surface area contributed by atoms with Crippen LogP contribution >= 0.6 is 0 Å². The summed E-state index contributed by atoms with van der Waals surface area (Å²) in [4.78, 5) is 7.01. The van der Waals surface area contributed by atoms with Crippen molar-refractivity contribution in [2.24, 2.45) is 0 Å². The second-order valence-corrected chi connectivity index (χ2v) is 13.2. The summed E-state index contributed by atoms with van der Waals surface area (Å²) >= 11 is 0. The van der Waals surface area contributed by atoms with E-state index >= 15 is 0 Å². The lowest BCUT2D eigenvalue weighted by atomic mass is 9.92. The van der Waals surface area contributed by atoms with Gasteiger partial charge in [0.05, 0.1) is 5.69 Å². The highest BCUT2D eigenvalue weighted by molar-refractivity contribution is 6.25. The maximum absolute atomic E-state index is 6.69. The molecule has 2 heterocycles. The van der Waals surface area contributed by atoms with Crippen molar-refractivity contribution in [3.63, 3.8) is 0 Å². The normalized spacial score (nSPS) is 11.5. The Balaban J connectivity index is 1.12. The molecule has 0 saturated carbocycles. The molecule has 8 aromatic carbocycles. The van der Waals surface area contributed by atoms with Gasteiger partial charge in [0.1, 0.15) is 11.2 Å². The van der Waals surface area contributed by atoms with Gasteiger partial charge in [-0.15, -0.1) is 0 Å². The van der Waals surface area contributed by atoms with Gasteiger partial charge in [-0.05, 0) is 86.9 Å². The Morgan fingerprint density at radius 2 is 1.04 bits per heavy atom. The van der Waals surface area contributed by atoms with Gasteiger partial charge in [0.2, 0.25) is 0 Å². The molecule has 0 saturated heterocycles. The topological polar surface area (TPSA) is 29.3 Å². The number of furan rings is 1. The monoisotopic (exact) mass is 664 g/mol. The highest BCUT2D eigenvalue weighted by Gasteiger charge is 2.20. The number of nitrogens with zero attached hydrogens (tertiary/aromatic N) is 2. The summed E-state index contributed by atoms with van der Waals surface area (Å²) in [7, 11) is 0. The highest BCUT2D eigenvalue weighted by Crippen LogP contribution is 2.45. The molecule has 10 rings (SSSR count). The molecule has 2 aromatic heterocycles. The highest BCUT2D eigenvalue weighted by atomic mass is 16.3. The van der Waals surface area contributed by atoms with Crippen LogP contribution < -0.4 is 4.90 Å². The van der Waals surface area contributed by atoms with Crippen LogP contribution in [0.25, 0.3) is 76.9 Å². The largest absolute Gasteiger partial charge is 0.456 e. The molecule has 0 amide bonds. The lowest BCUT2D eigenvalue weighted by Gasteiger charge is -2.27. The second-order valence-electron chi connectivity index (χ2n) is 13.2. The van der Waals surface area contributed by atoms with Crippen molar-refractivity contribution in [2.75, 3.05) is 4.90 Å². The Hall–Kier alpha value is -6.97. The van der Waals surface area contributed by atoms with E-state index in [9.17, 15) is 0 Å². The predicted molar refractivity (Wildman–Crippen MR) is 218 cm³/mol. The third-order valence-corrected chi connectivity index (χ3v) is 10.1. The maximum atomic E-state index is 6.69. The molecule has 3 heteroatoms. The number of benzene rings is 8. The molecule has 0 aliphatic carbocycles. The van der Waals surface area contributed by atoms with E-state index in [-0.39, 0.29) is 0 Å². The Bertz CT molecular complexity index is 2890. The zero-order valence-electron chi connectivity index (χ0n) is 28.3. The zero-order chi connectivity index (χ0) is 34.4. The van der Waals surface area contributed by atoms with E-state index in [2.05, 4.69) is 186 Å². The van der Waals surface area contributed by atoms with Gasteiger partial charge in [0, 0.05) is 51.1 Å². The summed E-state index contributed by atoms with van der Waals surface area (Å²) in [5, 5.41) is 7.01. The first kappa shape index (κ1) is 29.9. The van der Waals surface area contributed by atoms with Gasteiger partial charge in [0.15, 0.2) is 0 Å². The molecule has 0 aliphatic heterocycles. The van der Waals surface area contributed by atoms with Crippen molar-refractivity contribution in [1.82, 2.24) is 4.98 Å². The van der Waals surface area contributed by atoms with E-state index in [4.69, 9.17) is 4.42 Å². The van der Waals surface area contributed by atoms with E-state index in [0.717, 1.165) is 72.4 Å². The number of rotatable bonds is 6. The van der Waals surface area contributed by atoms with Crippen LogP contribution in [0.2, 0.25) is 0 Å². The molecule has 0 atom stereocenters. The average Bonchev–Trinajstić information content (AvgIpc) is 3.61. The van der Waals surface area contributed by atoms with Crippen LogP contribution in [0.3, 0.4) is 0 Å². The first-order valence-corrected chi connectivity index (χ1v) is 17.6. The summed E-state index contributed by atoms with van der Waals surface area (Å²) in [6.07, 6.45) is 3.88. The lowest BCUT2D eigenvalue weighted by Crippen LogP contribution is -2.10. The molecule has 3 nitrogen and oxygen atoms in total. The number of pyridine rings is 1. The van der Waals surface area contributed by atoms with Gasteiger partial charge in [-0.1, -0.05) is 133 Å². The molecule has 0 bridgehead atoms. The second kappa shape index (κ2) is 12.4. The van der Waals surface area contributed by atoms with Crippen LogP contribution in [0.1, 0.15) is 0 Å². The molecule has 244 valence electrons. The van der Waals surface area contributed by atoms with Gasteiger partial charge in [0.25, 0.3) is 0 Å². The molecule has 0 aliphatic rings. The van der Waals surface area contributed by atoms with Crippen molar-refractivity contribution in [3.05, 3.63) is 194 Å². The Morgan fingerprint density at radius 1 is 0.385 bits per heavy atom. The number of hydrogen-bond donors (Lipinski definition) is 0. The lowest BCUT2D eigenvalue weighted by molar-refractivity contribution is 0.669. The first-order chi connectivity index (χ1) is 25.8. The third-order valence-electron chi connectivity index (χ3n) is 10.1. The summed E-state index contributed by atoms with van der Waals surface area (Å²) in [5.74, 6) is 0. The molecule has 0 radical (unpaired) electrons. The van der Waals surface area contributed by atoms with Crippen LogP contribution in [-0.4, -0.2) is 4.98 Å². The van der Waals surface area contributed by atoms with Crippen molar-refractivity contribution in [3.8, 4) is 33.4 Å². The summed E-state index contributed by atoms with van der Waals surface area (Å²) in [5.41, 5.74) is 11.8. The minimum atomic E-state index is 0.865. The van der Waals surface area contributed by atoms with Gasteiger partial charge >= 0.3 is 0 Å². The van der Waals surface area contributed by atoms with Crippen molar-refractivity contribution < 1.29 is 4.42 Å². The number of aromatic nitrogens is 1. The third kappa shape index (κ3) is 5.02. The quantitative estimate of drug-likeness (QED) is 0.177. The van der Waals surface area contributed by atoms with Crippen molar-refractivity contribution >= 4 is 60.5 Å². The summed E-state index contributed by atoms with van der Waals surface area (Å²) in [6.45, 7) is 0. The van der Waals surface area contributed by atoms with Crippen LogP contribution in [0.15, 0.2) is 199 Å². The molecule has 0 unspecified atom stereocenters. The first-order valence-electron chi connectivity index (χ1n) is 17.6. The van der Waals surface area contributed by atoms with E-state index in [1.165, 1.54) is 21.5 Å². The zero-order valence-corrected chi connectivity index (χ0v) is 28.3. The number of anilines is 3. The molecular formula is C49H32N2O. The molecule has 0 N–H and O–H groups in total. The maximum Gasteiger partial charge on any atom is 0.136 e. The van der Waals surface area contributed by atoms with Crippen LogP contribution in [0.4, 0.5) is 17.1 Å². The molecule has 52 heavy (non-hydrogen) atoms. The van der Waals surface area contributed by atoms with Gasteiger partial charge < -0.3 is 9.32 Å². The Morgan fingerprint density at radius 3 is 1.87 bits per heavy atom. The van der Waals surface area contributed by atoms with Crippen LogP contribution in [-0.2, 0) is 0 Å². The standard InChI is InChI=1S/C49H32N2O/c1-3-13-33(14-4-1)36-29-37(32-50-31-36)41-22-12-24-46-48(41)49-43-21-10-9-20-42(43)44(30-47(49)52-46)35-25-27-39(28-26-35)51(38-17-5-2-6-18-38)45-23-11-16-34-15-7-8-19-40(34)45/h1-32H. The van der Waals surface area contributed by atoms with Gasteiger partial charge in [-0.3, -0.25) is 4.98 Å². The summed E-state index contributed by atoms with van der Waals surface area (Å²) < 4.78 is 6.69. The fourth-order valence-electron chi connectivity index (χ4n) is 7.73. The van der Waals surface area contributed by atoms with Crippen LogP contribution in [0, 0.1) is 0 Å². The molecule has 10 aromatic rings. The Kier molecular flexibility index (Phi) is 7.14. The smallest absolute Gasteiger partial charge is 0.136 e. The predicted octanol–water partition coefficient (Wildman–Crippen LogP) is 13.8. The Labute approximate surface area is 301 Å². The van der Waals surface area contributed by atoms with E-state index in [1.54, 1.807) is 0 Å². The molecule has 0 fully saturated rings. The van der Waals surface area contributed by atoms with Crippen molar-refractivity contribution in [2.45, 2.75) is 0 Å². The fourth-order valence-corrected chi connectivity index (χ4v) is 7.73. The minimum Gasteiger partial charge on any atom is -0.456 e. The average molecular weight is 665 g/mol. The number of hydrogen-bond acceptors (Lipinski definition) is 3. The van der Waals surface area contributed by atoms with Gasteiger partial charge in [-0.2, -0.15) is 0 Å². The van der Waals surface area contributed by atoms with E-state index in [0.29, 0.717) is 0 Å². The fraction of sp³-hybridized carbons (Fsp3) is 0. The van der Waals surface area contributed by atoms with Gasteiger partial charge in [-0.25, -0.2) is 0 Å². The molecular weight excluding hydrogens is 633 g/mol.